The summed E-state index contributed by atoms with van der Waals surface area (Å²) in [4.78, 5) is 26.7. The molecule has 0 saturated carbocycles. The van der Waals surface area contributed by atoms with E-state index in [0.29, 0.717) is 25.2 Å². The van der Waals surface area contributed by atoms with E-state index in [9.17, 15) is 9.59 Å². The zero-order valence-corrected chi connectivity index (χ0v) is 23.2. The van der Waals surface area contributed by atoms with Gasteiger partial charge in [-0.3, -0.25) is 4.79 Å². The Labute approximate surface area is 223 Å². The van der Waals surface area contributed by atoms with Gasteiger partial charge in [0.2, 0.25) is 6.41 Å². The number of aryl methyl sites for hydroxylation is 1. The van der Waals surface area contributed by atoms with Gasteiger partial charge in [-0.05, 0) is 52.1 Å². The lowest BCUT2D eigenvalue weighted by molar-refractivity contribution is -0.107. The van der Waals surface area contributed by atoms with Crippen molar-refractivity contribution in [1.82, 2.24) is 14.3 Å². The fourth-order valence-corrected chi connectivity index (χ4v) is 6.55. The van der Waals surface area contributed by atoms with Crippen molar-refractivity contribution in [3.05, 3.63) is 77.1 Å². The SMILES string of the molecule is CCOC1=C2CN(SI)C(c3ccc(CC)cc3)CC2N(C)N(C(=O)N(C=O)c2ccccc2)C1. The van der Waals surface area contributed by atoms with Gasteiger partial charge in [0.25, 0.3) is 0 Å². The van der Waals surface area contributed by atoms with Crippen LogP contribution in [0, 0.1) is 0 Å². The lowest BCUT2D eigenvalue weighted by Gasteiger charge is -2.49. The Morgan fingerprint density at radius 1 is 1.11 bits per heavy atom. The number of likely N-dealkylation sites (N-methyl/N-ethyl adjacent to an activating group) is 1. The maximum Gasteiger partial charge on any atom is 0.346 e. The maximum atomic E-state index is 13.6. The highest BCUT2D eigenvalue weighted by Gasteiger charge is 2.44. The smallest absolute Gasteiger partial charge is 0.346 e. The molecule has 2 heterocycles. The van der Waals surface area contributed by atoms with Crippen molar-refractivity contribution in [2.75, 3.05) is 31.6 Å². The Kier molecular flexibility index (Phi) is 8.74. The topological polar surface area (TPSA) is 56.3 Å². The number of fused-ring (bicyclic) bond motifs is 1. The predicted molar refractivity (Wildman–Crippen MR) is 149 cm³/mol. The Morgan fingerprint density at radius 2 is 1.83 bits per heavy atom. The monoisotopic (exact) mass is 606 g/mol. The molecule has 2 aliphatic heterocycles. The van der Waals surface area contributed by atoms with Gasteiger partial charge in [-0.1, -0.05) is 49.4 Å². The van der Waals surface area contributed by atoms with Crippen molar-refractivity contribution in [1.29, 1.82) is 0 Å². The summed E-state index contributed by atoms with van der Waals surface area (Å²) in [5.74, 6) is 0.818. The van der Waals surface area contributed by atoms with E-state index in [1.54, 1.807) is 26.3 Å². The van der Waals surface area contributed by atoms with E-state index in [0.717, 1.165) is 30.0 Å². The first-order chi connectivity index (χ1) is 17.0. The van der Waals surface area contributed by atoms with E-state index in [1.807, 2.05) is 37.2 Å². The Balaban J connectivity index is 1.67. The summed E-state index contributed by atoms with van der Waals surface area (Å²) >= 11 is 2.35. The number of amides is 3. The van der Waals surface area contributed by atoms with Crippen LogP contribution in [0.1, 0.15) is 37.4 Å². The summed E-state index contributed by atoms with van der Waals surface area (Å²) in [7, 11) is 3.64. The number of piperidine rings is 1. The fourth-order valence-electron chi connectivity index (χ4n) is 4.82. The molecule has 35 heavy (non-hydrogen) atoms. The first-order valence-corrected chi connectivity index (χ1v) is 15.2. The largest absolute Gasteiger partial charge is 0.496 e. The first kappa shape index (κ1) is 26.0. The van der Waals surface area contributed by atoms with E-state index < -0.39 is 0 Å². The van der Waals surface area contributed by atoms with Crippen LogP contribution >= 0.6 is 30.3 Å². The maximum absolute atomic E-state index is 13.6. The Hall–Kier alpha value is -2.08. The quantitative estimate of drug-likeness (QED) is 0.233. The van der Waals surface area contributed by atoms with Crippen molar-refractivity contribution in [2.24, 2.45) is 0 Å². The van der Waals surface area contributed by atoms with Crippen molar-refractivity contribution in [2.45, 2.75) is 38.8 Å². The number of hydrogen-bond acceptors (Lipinski definition) is 6. The average molecular weight is 607 g/mol. The van der Waals surface area contributed by atoms with Gasteiger partial charge in [-0.2, -0.15) is 0 Å². The molecule has 2 aromatic rings. The van der Waals surface area contributed by atoms with Crippen LogP contribution in [0.25, 0.3) is 0 Å². The van der Waals surface area contributed by atoms with Gasteiger partial charge in [0.15, 0.2) is 0 Å². The minimum atomic E-state index is -0.389. The molecular formula is C26H31IN4O3S. The van der Waals surface area contributed by atoms with Crippen molar-refractivity contribution in [3.63, 3.8) is 0 Å². The van der Waals surface area contributed by atoms with Gasteiger partial charge in [0.05, 0.1) is 24.9 Å². The number of hydrogen-bond donors (Lipinski definition) is 0. The number of halogens is 1. The molecule has 1 saturated heterocycles. The van der Waals surface area contributed by atoms with Gasteiger partial charge in [-0.25, -0.2) is 24.0 Å². The minimum Gasteiger partial charge on any atom is -0.496 e. The summed E-state index contributed by atoms with van der Waals surface area (Å²) in [6, 6.07) is 17.6. The molecule has 2 atom stereocenters. The van der Waals surface area contributed by atoms with Crippen molar-refractivity contribution in [3.8, 4) is 0 Å². The van der Waals surface area contributed by atoms with Crippen LogP contribution in [0.3, 0.4) is 0 Å². The summed E-state index contributed by atoms with van der Waals surface area (Å²) in [5.41, 5.74) is 4.32. The summed E-state index contributed by atoms with van der Waals surface area (Å²) in [6.07, 6.45) is 2.40. The molecular weight excluding hydrogens is 575 g/mol. The number of para-hydroxylation sites is 1. The molecule has 0 spiro atoms. The van der Waals surface area contributed by atoms with Gasteiger partial charge in [-0.15, -0.1) is 0 Å². The normalized spacial score (nSPS) is 21.0. The Bertz CT molecular complexity index is 1070. The van der Waals surface area contributed by atoms with Gasteiger partial charge in [0.1, 0.15) is 5.76 Å². The lowest BCUT2D eigenvalue weighted by Crippen LogP contribution is -2.60. The molecule has 3 amide bonds. The number of ether oxygens (including phenoxy) is 1. The van der Waals surface area contributed by atoms with E-state index in [4.69, 9.17) is 4.74 Å². The zero-order chi connectivity index (χ0) is 24.9. The van der Waals surface area contributed by atoms with Crippen LogP contribution in [-0.4, -0.2) is 59.6 Å². The molecule has 2 aliphatic rings. The molecule has 4 rings (SSSR count). The number of imide groups is 1. The molecule has 1 fully saturated rings. The number of anilines is 1. The Morgan fingerprint density at radius 3 is 2.43 bits per heavy atom. The number of urea groups is 1. The minimum absolute atomic E-state index is 0.0193. The van der Waals surface area contributed by atoms with Crippen LogP contribution in [0.4, 0.5) is 10.5 Å². The standard InChI is InChI=1S/C26H31IN4O3S/c1-4-19-11-13-20(14-12-19)23-15-24-22(16-31(23)35-27)25(34-5-2)17-30(28(24)3)26(33)29(18-32)21-9-7-6-8-10-21/h6-14,18,23-24H,4-5,15-17H2,1-3H3. The van der Waals surface area contributed by atoms with Crippen LogP contribution < -0.4 is 4.90 Å². The van der Waals surface area contributed by atoms with Crippen LogP contribution in [0.2, 0.25) is 0 Å². The second kappa shape index (κ2) is 11.8. The van der Waals surface area contributed by atoms with Crippen molar-refractivity contribution < 1.29 is 14.3 Å². The van der Waals surface area contributed by atoms with E-state index in [1.165, 1.54) is 16.7 Å². The third-order valence-electron chi connectivity index (χ3n) is 6.75. The van der Waals surface area contributed by atoms with Crippen LogP contribution in [-0.2, 0) is 16.0 Å². The van der Waals surface area contributed by atoms with E-state index in [-0.39, 0.29) is 18.1 Å². The molecule has 9 heteroatoms. The van der Waals surface area contributed by atoms with Gasteiger partial charge < -0.3 is 4.74 Å². The molecule has 2 unspecified atom stereocenters. The van der Waals surface area contributed by atoms with Gasteiger partial charge >= 0.3 is 6.03 Å². The van der Waals surface area contributed by atoms with Crippen LogP contribution in [0.5, 0.6) is 0 Å². The number of carbonyl (C=O) groups excluding carboxylic acids is 2. The summed E-state index contributed by atoms with van der Waals surface area (Å²) in [5, 5.41) is 3.62. The van der Waals surface area contributed by atoms with Crippen molar-refractivity contribution >= 4 is 48.5 Å². The number of benzene rings is 2. The number of nitrogens with zero attached hydrogens (tertiary/aromatic N) is 4. The molecule has 186 valence electrons. The van der Waals surface area contributed by atoms with Gasteiger partial charge in [0, 0.05) is 46.4 Å². The average Bonchev–Trinajstić information content (AvgIpc) is 2.90. The zero-order valence-electron chi connectivity index (χ0n) is 20.3. The molecule has 0 bridgehead atoms. The van der Waals surface area contributed by atoms with E-state index >= 15 is 0 Å². The molecule has 0 aliphatic carbocycles. The number of carbonyl (C=O) groups is 2. The lowest BCUT2D eigenvalue weighted by atomic mass is 9.88. The third kappa shape index (κ3) is 5.37. The van der Waals surface area contributed by atoms with E-state index in [2.05, 4.69) is 56.7 Å². The summed E-state index contributed by atoms with van der Waals surface area (Å²) < 4.78 is 8.47. The number of hydrazine groups is 1. The molecule has 7 nitrogen and oxygen atoms in total. The molecule has 0 N–H and O–H groups in total. The predicted octanol–water partition coefficient (Wildman–Crippen LogP) is 5.60. The second-order valence-corrected chi connectivity index (χ2v) is 10.4. The fraction of sp³-hybridized carbons (Fsp3) is 0.385. The summed E-state index contributed by atoms with van der Waals surface area (Å²) in [6.45, 7) is 5.68. The first-order valence-electron chi connectivity index (χ1n) is 11.8. The molecule has 0 radical (unpaired) electrons. The third-order valence-corrected chi connectivity index (χ3v) is 8.83. The second-order valence-electron chi connectivity index (χ2n) is 8.61. The molecule has 2 aromatic carbocycles. The number of rotatable bonds is 7. The molecule has 0 aromatic heterocycles. The highest BCUT2D eigenvalue weighted by Crippen LogP contribution is 2.44. The highest BCUT2D eigenvalue weighted by atomic mass is 127. The van der Waals surface area contributed by atoms with Crippen LogP contribution in [0.15, 0.2) is 65.9 Å². The highest BCUT2D eigenvalue weighted by molar-refractivity contribution is 14.2.